The van der Waals surface area contributed by atoms with Crippen LogP contribution in [0.3, 0.4) is 0 Å². The molecule has 2 saturated heterocycles. The number of Topliss-reactive ketones (excluding diaryl/α,β-unsaturated/α-hetero) is 1. The van der Waals surface area contributed by atoms with Crippen LogP contribution in [0.5, 0.6) is 10.9 Å². The number of carbonyl (C=O) groups is 1. The Morgan fingerprint density at radius 3 is 2.61 bits per heavy atom. The zero-order valence-electron chi connectivity index (χ0n) is 17.7. The zero-order chi connectivity index (χ0) is 21.4. The Bertz CT molecular complexity index is 1070. The van der Waals surface area contributed by atoms with E-state index in [4.69, 9.17) is 4.74 Å². The van der Waals surface area contributed by atoms with Gasteiger partial charge in [-0.05, 0) is 74.8 Å². The molecule has 0 N–H and O–H groups in total. The lowest BCUT2D eigenvalue weighted by molar-refractivity contribution is -0.118. The number of aromatic nitrogens is 1. The molecule has 31 heavy (non-hydrogen) atoms. The van der Waals surface area contributed by atoms with Crippen molar-refractivity contribution in [2.24, 2.45) is 5.92 Å². The third-order valence-electron chi connectivity index (χ3n) is 6.68. The first kappa shape index (κ1) is 20.6. The molecule has 0 amide bonds. The van der Waals surface area contributed by atoms with Crippen molar-refractivity contribution in [3.63, 3.8) is 0 Å². The molecule has 0 radical (unpaired) electrons. The topological polar surface area (TPSA) is 42.4 Å². The monoisotopic (exact) mass is 438 g/mol. The maximum Gasteiger partial charge on any atom is 0.279 e. The number of carbonyl (C=O) groups excluding carboxylic acids is 1. The lowest BCUT2D eigenvalue weighted by Gasteiger charge is -2.38. The molecule has 4 nitrogen and oxygen atoms in total. The lowest BCUT2D eigenvalue weighted by atomic mass is 9.87. The molecular weight excluding hydrogens is 411 g/mol. The Hall–Kier alpha value is -2.31. The van der Waals surface area contributed by atoms with Crippen LogP contribution in [0.25, 0.3) is 10.2 Å². The van der Waals surface area contributed by atoms with Crippen molar-refractivity contribution in [2.45, 2.75) is 57.5 Å². The molecule has 1 unspecified atom stereocenters. The minimum Gasteiger partial charge on any atom is -0.431 e. The second-order valence-electron chi connectivity index (χ2n) is 8.95. The molecule has 0 saturated carbocycles. The van der Waals surface area contributed by atoms with E-state index in [-0.39, 0.29) is 5.82 Å². The number of piperidine rings is 1. The molecule has 2 aromatic carbocycles. The number of halogens is 1. The van der Waals surface area contributed by atoms with Gasteiger partial charge in [-0.3, -0.25) is 4.90 Å². The van der Waals surface area contributed by atoms with Crippen molar-refractivity contribution >= 4 is 27.3 Å². The summed E-state index contributed by atoms with van der Waals surface area (Å²) in [6.07, 6.45) is 6.68. The summed E-state index contributed by atoms with van der Waals surface area (Å²) >= 11 is 1.42. The smallest absolute Gasteiger partial charge is 0.279 e. The van der Waals surface area contributed by atoms with Crippen LogP contribution >= 0.6 is 11.3 Å². The van der Waals surface area contributed by atoms with Gasteiger partial charge in [-0.15, -0.1) is 0 Å². The predicted octanol–water partition coefficient (Wildman–Crippen LogP) is 5.99. The summed E-state index contributed by atoms with van der Waals surface area (Å²) in [5, 5.41) is 0.526. The first-order valence-corrected chi connectivity index (χ1v) is 11.9. The summed E-state index contributed by atoms with van der Waals surface area (Å²) in [4.78, 5) is 18.5. The van der Waals surface area contributed by atoms with E-state index in [0.717, 1.165) is 29.8 Å². The van der Waals surface area contributed by atoms with Crippen molar-refractivity contribution in [2.75, 3.05) is 6.54 Å². The Morgan fingerprint density at radius 1 is 1.16 bits per heavy atom. The highest BCUT2D eigenvalue weighted by molar-refractivity contribution is 7.20. The van der Waals surface area contributed by atoms with E-state index < -0.39 is 0 Å². The van der Waals surface area contributed by atoms with Crippen LogP contribution in [-0.4, -0.2) is 34.3 Å². The van der Waals surface area contributed by atoms with E-state index in [1.54, 1.807) is 13.0 Å². The highest BCUT2D eigenvalue weighted by Crippen LogP contribution is 2.40. The number of ketones is 1. The van der Waals surface area contributed by atoms with Crippen LogP contribution < -0.4 is 4.74 Å². The van der Waals surface area contributed by atoms with Gasteiger partial charge in [0, 0.05) is 31.1 Å². The van der Waals surface area contributed by atoms with Crippen molar-refractivity contribution < 1.29 is 13.9 Å². The number of hydrogen-bond acceptors (Lipinski definition) is 5. The molecule has 0 aliphatic carbocycles. The standard InChI is InChI=1S/C25H27FN2O2S/c1-16(29)12-18-13-20-5-6-21(14-18)28(20)11-10-17-2-7-22(8-3-17)30-25-27-23-15-19(26)4-9-24(23)31-25/h2-4,7-9,15,18,20-21H,5-6,10-14H2,1H3/t18?,20-,21+. The van der Waals surface area contributed by atoms with E-state index in [0.29, 0.717) is 34.5 Å². The molecular formula is C25H27FN2O2S. The summed E-state index contributed by atoms with van der Waals surface area (Å²) < 4.78 is 20.2. The first-order chi connectivity index (χ1) is 15.0. The van der Waals surface area contributed by atoms with Gasteiger partial charge in [0.25, 0.3) is 5.19 Å². The van der Waals surface area contributed by atoms with Crippen LogP contribution in [-0.2, 0) is 11.2 Å². The largest absolute Gasteiger partial charge is 0.431 e. The molecule has 5 rings (SSSR count). The van der Waals surface area contributed by atoms with Gasteiger partial charge < -0.3 is 9.53 Å². The molecule has 2 fully saturated rings. The SMILES string of the molecule is CC(=O)CC1C[C@H]2CC[C@@H](C1)N2CCc1ccc(Oc2nc3cc(F)ccc3s2)cc1. The van der Waals surface area contributed by atoms with Gasteiger partial charge in [0.1, 0.15) is 17.3 Å². The number of fused-ring (bicyclic) bond motifs is 3. The second kappa shape index (κ2) is 8.67. The molecule has 3 heterocycles. The van der Waals surface area contributed by atoms with Crippen LogP contribution in [0, 0.1) is 11.7 Å². The fraction of sp³-hybridized carbons (Fsp3) is 0.440. The number of rotatable bonds is 7. The maximum absolute atomic E-state index is 13.4. The third-order valence-corrected chi connectivity index (χ3v) is 7.59. The van der Waals surface area contributed by atoms with Crippen LogP contribution in [0.4, 0.5) is 4.39 Å². The van der Waals surface area contributed by atoms with Crippen LogP contribution in [0.15, 0.2) is 42.5 Å². The van der Waals surface area contributed by atoms with Gasteiger partial charge in [-0.25, -0.2) is 9.37 Å². The van der Waals surface area contributed by atoms with E-state index in [1.807, 2.05) is 12.1 Å². The van der Waals surface area contributed by atoms with Gasteiger partial charge >= 0.3 is 0 Å². The number of thiazole rings is 1. The highest BCUT2D eigenvalue weighted by atomic mass is 32.1. The molecule has 3 aromatic rings. The minimum atomic E-state index is -0.287. The maximum atomic E-state index is 13.4. The summed E-state index contributed by atoms with van der Waals surface area (Å²) in [7, 11) is 0. The molecule has 2 aliphatic rings. The van der Waals surface area contributed by atoms with Crippen molar-refractivity contribution in [1.29, 1.82) is 0 Å². The quantitative estimate of drug-likeness (QED) is 0.454. The predicted molar refractivity (Wildman–Crippen MR) is 121 cm³/mol. The second-order valence-corrected chi connectivity index (χ2v) is 9.95. The molecule has 6 heteroatoms. The Morgan fingerprint density at radius 2 is 1.90 bits per heavy atom. The first-order valence-electron chi connectivity index (χ1n) is 11.1. The highest BCUT2D eigenvalue weighted by Gasteiger charge is 2.40. The average Bonchev–Trinajstić information content (AvgIpc) is 3.23. The number of hydrogen-bond donors (Lipinski definition) is 0. The zero-order valence-corrected chi connectivity index (χ0v) is 18.5. The molecule has 2 bridgehead atoms. The normalized spacial score (nSPS) is 23.4. The van der Waals surface area contributed by atoms with Crippen molar-refractivity contribution in [3.8, 4) is 10.9 Å². The number of nitrogens with zero attached hydrogens (tertiary/aromatic N) is 2. The molecule has 162 valence electrons. The molecule has 0 spiro atoms. The third kappa shape index (κ3) is 4.65. The summed E-state index contributed by atoms with van der Waals surface area (Å²) in [5.41, 5.74) is 1.92. The summed E-state index contributed by atoms with van der Waals surface area (Å²) in [5.74, 6) is 1.37. The molecule has 3 atom stereocenters. The van der Waals surface area contributed by atoms with E-state index in [9.17, 15) is 9.18 Å². The van der Waals surface area contributed by atoms with Crippen molar-refractivity contribution in [1.82, 2.24) is 9.88 Å². The Labute approximate surface area is 186 Å². The van der Waals surface area contributed by atoms with Gasteiger partial charge in [0.05, 0.1) is 10.2 Å². The Balaban J connectivity index is 1.17. The fourth-order valence-electron chi connectivity index (χ4n) is 5.33. The van der Waals surface area contributed by atoms with E-state index in [1.165, 1.54) is 54.7 Å². The van der Waals surface area contributed by atoms with Crippen LogP contribution in [0.2, 0.25) is 0 Å². The van der Waals surface area contributed by atoms with Gasteiger partial charge in [-0.1, -0.05) is 23.5 Å². The molecule has 2 aliphatic heterocycles. The van der Waals surface area contributed by atoms with Gasteiger partial charge in [0.2, 0.25) is 0 Å². The number of ether oxygens (including phenoxy) is 1. The van der Waals surface area contributed by atoms with Gasteiger partial charge in [-0.2, -0.15) is 0 Å². The lowest BCUT2D eigenvalue weighted by Crippen LogP contribution is -2.44. The van der Waals surface area contributed by atoms with Gasteiger partial charge in [0.15, 0.2) is 0 Å². The van der Waals surface area contributed by atoms with Crippen LogP contribution in [0.1, 0.15) is 44.6 Å². The fourth-order valence-corrected chi connectivity index (χ4v) is 6.15. The Kier molecular flexibility index (Phi) is 5.76. The summed E-state index contributed by atoms with van der Waals surface area (Å²) in [6.45, 7) is 2.80. The number of benzene rings is 2. The van der Waals surface area contributed by atoms with E-state index >= 15 is 0 Å². The summed E-state index contributed by atoms with van der Waals surface area (Å²) in [6, 6.07) is 14.1. The minimum absolute atomic E-state index is 0.287. The molecule has 1 aromatic heterocycles. The van der Waals surface area contributed by atoms with Crippen molar-refractivity contribution in [3.05, 3.63) is 53.8 Å². The average molecular weight is 439 g/mol. The van der Waals surface area contributed by atoms with E-state index in [2.05, 4.69) is 22.0 Å².